The van der Waals surface area contributed by atoms with Gasteiger partial charge in [0.05, 0.1) is 19.4 Å². The number of halogens is 1. The van der Waals surface area contributed by atoms with E-state index >= 15 is 0 Å². The highest BCUT2D eigenvalue weighted by Gasteiger charge is 2.24. The Morgan fingerprint density at radius 1 is 1.12 bits per heavy atom. The lowest BCUT2D eigenvalue weighted by Crippen LogP contribution is -2.28. The predicted octanol–water partition coefficient (Wildman–Crippen LogP) is 3.49. The molecule has 1 N–H and O–H groups in total. The van der Waals surface area contributed by atoms with Crippen LogP contribution in [-0.2, 0) is 4.74 Å². The summed E-state index contributed by atoms with van der Waals surface area (Å²) in [5, 5.41) is 3.19. The number of nitrogens with one attached hydrogen (secondary N) is 1. The van der Waals surface area contributed by atoms with Crippen molar-refractivity contribution in [2.24, 2.45) is 0 Å². The minimum absolute atomic E-state index is 0.129. The molecular weight excluding hydrogens is 319 g/mol. The number of rotatable bonds is 4. The summed E-state index contributed by atoms with van der Waals surface area (Å²) in [7, 11) is 0. The zero-order valence-electron chi connectivity index (χ0n) is 14.2. The fraction of sp³-hybridized carbons (Fsp3) is 0.400. The molecule has 2 aliphatic heterocycles. The van der Waals surface area contributed by atoms with E-state index in [1.54, 1.807) is 12.1 Å². The van der Waals surface area contributed by atoms with Crippen molar-refractivity contribution in [2.45, 2.75) is 25.0 Å². The van der Waals surface area contributed by atoms with Crippen molar-refractivity contribution in [1.29, 1.82) is 0 Å². The van der Waals surface area contributed by atoms with Crippen LogP contribution in [0.2, 0.25) is 0 Å². The second kappa shape index (κ2) is 7.42. The zero-order chi connectivity index (χ0) is 17.1. The Kier molecular flexibility index (Phi) is 4.85. The lowest BCUT2D eigenvalue weighted by Gasteiger charge is -2.24. The van der Waals surface area contributed by atoms with Gasteiger partial charge in [-0.05, 0) is 42.3 Å². The van der Waals surface area contributed by atoms with E-state index < -0.39 is 0 Å². The molecule has 2 aromatic carbocycles. The summed E-state index contributed by atoms with van der Waals surface area (Å²) >= 11 is 0. The van der Waals surface area contributed by atoms with Gasteiger partial charge in [-0.3, -0.25) is 5.32 Å². The van der Waals surface area contributed by atoms with Crippen molar-refractivity contribution in [3.05, 3.63) is 59.9 Å². The Balaban J connectivity index is 1.35. The van der Waals surface area contributed by atoms with E-state index in [0.29, 0.717) is 6.73 Å². The van der Waals surface area contributed by atoms with Gasteiger partial charge in [0.2, 0.25) is 0 Å². The molecule has 2 heterocycles. The first-order chi connectivity index (χ1) is 12.3. The first-order valence-electron chi connectivity index (χ1n) is 8.87. The van der Waals surface area contributed by atoms with E-state index in [2.05, 4.69) is 22.3 Å². The molecule has 132 valence electrons. The third kappa shape index (κ3) is 3.94. The van der Waals surface area contributed by atoms with Crippen molar-refractivity contribution >= 4 is 5.69 Å². The van der Waals surface area contributed by atoms with Gasteiger partial charge in [-0.1, -0.05) is 18.2 Å². The van der Waals surface area contributed by atoms with Gasteiger partial charge in [0.1, 0.15) is 17.7 Å². The lowest BCUT2D eigenvalue weighted by atomic mass is 10.1. The third-order valence-corrected chi connectivity index (χ3v) is 4.84. The molecule has 2 saturated heterocycles. The molecular formula is C20H23FN2O2. The van der Waals surface area contributed by atoms with Gasteiger partial charge in [-0.2, -0.15) is 0 Å². The van der Waals surface area contributed by atoms with Gasteiger partial charge in [0, 0.05) is 25.2 Å². The molecule has 25 heavy (non-hydrogen) atoms. The maximum atomic E-state index is 13.4. The number of hydrogen-bond acceptors (Lipinski definition) is 4. The molecule has 4 rings (SSSR count). The monoisotopic (exact) mass is 342 g/mol. The Hall–Kier alpha value is -2.11. The molecule has 5 heteroatoms. The molecule has 4 nitrogen and oxygen atoms in total. The zero-order valence-corrected chi connectivity index (χ0v) is 14.2. The van der Waals surface area contributed by atoms with Crippen LogP contribution in [0.5, 0.6) is 5.75 Å². The smallest absolute Gasteiger partial charge is 0.125 e. The van der Waals surface area contributed by atoms with Gasteiger partial charge >= 0.3 is 0 Å². The minimum Gasteiger partial charge on any atom is -0.489 e. The van der Waals surface area contributed by atoms with Gasteiger partial charge < -0.3 is 14.4 Å². The maximum absolute atomic E-state index is 13.4. The number of benzene rings is 2. The first kappa shape index (κ1) is 16.4. The van der Waals surface area contributed by atoms with E-state index in [1.165, 1.54) is 11.6 Å². The molecule has 0 bridgehead atoms. The molecule has 0 spiro atoms. The van der Waals surface area contributed by atoms with Crippen molar-refractivity contribution in [1.82, 2.24) is 5.32 Å². The number of nitrogens with zero attached hydrogens (tertiary/aromatic N) is 1. The van der Waals surface area contributed by atoms with Crippen LogP contribution in [0.3, 0.4) is 0 Å². The van der Waals surface area contributed by atoms with E-state index in [-0.39, 0.29) is 18.0 Å². The number of anilines is 1. The first-order valence-corrected chi connectivity index (χ1v) is 8.87. The van der Waals surface area contributed by atoms with E-state index in [1.807, 2.05) is 18.2 Å². The summed E-state index contributed by atoms with van der Waals surface area (Å²) in [6.07, 6.45) is 2.23. The van der Waals surface area contributed by atoms with Crippen LogP contribution in [-0.4, -0.2) is 32.5 Å². The molecule has 0 radical (unpaired) electrons. The maximum Gasteiger partial charge on any atom is 0.125 e. The van der Waals surface area contributed by atoms with Gasteiger partial charge in [-0.25, -0.2) is 4.39 Å². The van der Waals surface area contributed by atoms with Crippen molar-refractivity contribution in [2.75, 3.05) is 31.3 Å². The standard InChI is InChI=1S/C20H23FN2O2/c21-16-2-1-3-17(12-16)23-11-9-19(13-23)25-18-6-4-15(5-7-18)20-8-10-22-14-24-20/h1-7,12,19-20,22H,8-11,13-14H2/t19-,20+/m0/s1. The van der Waals surface area contributed by atoms with Gasteiger partial charge in [-0.15, -0.1) is 0 Å². The topological polar surface area (TPSA) is 33.7 Å². The van der Waals surface area contributed by atoms with Crippen LogP contribution in [0, 0.1) is 5.82 Å². The molecule has 0 aliphatic carbocycles. The molecule has 2 aliphatic rings. The van der Waals surface area contributed by atoms with Crippen LogP contribution in [0.4, 0.5) is 10.1 Å². The van der Waals surface area contributed by atoms with Crippen LogP contribution in [0.1, 0.15) is 24.5 Å². The van der Waals surface area contributed by atoms with Crippen LogP contribution >= 0.6 is 0 Å². The van der Waals surface area contributed by atoms with Crippen molar-refractivity contribution in [3.63, 3.8) is 0 Å². The Bertz CT molecular complexity index is 701. The highest BCUT2D eigenvalue weighted by molar-refractivity contribution is 5.47. The molecule has 2 fully saturated rings. The molecule has 2 aromatic rings. The number of hydrogen-bond donors (Lipinski definition) is 1. The highest BCUT2D eigenvalue weighted by Crippen LogP contribution is 2.27. The Morgan fingerprint density at radius 3 is 2.76 bits per heavy atom. The van der Waals surface area contributed by atoms with Crippen LogP contribution in [0.15, 0.2) is 48.5 Å². The lowest BCUT2D eigenvalue weighted by molar-refractivity contribution is 0.00606. The average molecular weight is 342 g/mol. The summed E-state index contributed by atoms with van der Waals surface area (Å²) < 4.78 is 25.2. The molecule has 0 saturated carbocycles. The normalized spacial score (nSPS) is 23.6. The quantitative estimate of drug-likeness (QED) is 0.922. The van der Waals surface area contributed by atoms with Crippen molar-refractivity contribution < 1.29 is 13.9 Å². The van der Waals surface area contributed by atoms with E-state index in [4.69, 9.17) is 9.47 Å². The second-order valence-electron chi connectivity index (χ2n) is 6.61. The average Bonchev–Trinajstić information content (AvgIpc) is 3.12. The third-order valence-electron chi connectivity index (χ3n) is 4.84. The van der Waals surface area contributed by atoms with Gasteiger partial charge in [0.15, 0.2) is 0 Å². The van der Waals surface area contributed by atoms with Crippen molar-refractivity contribution in [3.8, 4) is 5.75 Å². The Morgan fingerprint density at radius 2 is 2.00 bits per heavy atom. The highest BCUT2D eigenvalue weighted by atomic mass is 19.1. The summed E-state index contributed by atoms with van der Waals surface area (Å²) in [4.78, 5) is 2.17. The van der Waals surface area contributed by atoms with Crippen LogP contribution in [0.25, 0.3) is 0 Å². The minimum atomic E-state index is -0.197. The predicted molar refractivity (Wildman–Crippen MR) is 95.4 cm³/mol. The number of ether oxygens (including phenoxy) is 2. The summed E-state index contributed by atoms with van der Waals surface area (Å²) in [6, 6.07) is 15.0. The largest absolute Gasteiger partial charge is 0.489 e. The molecule has 0 unspecified atom stereocenters. The SMILES string of the molecule is Fc1cccc(N2CC[C@H](Oc3ccc([C@H]4CCNCO4)cc3)C2)c1. The second-order valence-corrected chi connectivity index (χ2v) is 6.61. The molecule has 2 atom stereocenters. The Labute approximate surface area is 147 Å². The van der Waals surface area contributed by atoms with Gasteiger partial charge in [0.25, 0.3) is 0 Å². The molecule has 0 aromatic heterocycles. The van der Waals surface area contributed by atoms with E-state index in [0.717, 1.165) is 43.9 Å². The summed E-state index contributed by atoms with van der Waals surface area (Å²) in [5.41, 5.74) is 2.12. The van der Waals surface area contributed by atoms with E-state index in [9.17, 15) is 4.39 Å². The fourth-order valence-electron chi connectivity index (χ4n) is 3.50. The summed E-state index contributed by atoms with van der Waals surface area (Å²) in [5.74, 6) is 0.682. The van der Waals surface area contributed by atoms with Crippen LogP contribution < -0.4 is 15.0 Å². The molecule has 0 amide bonds. The summed E-state index contributed by atoms with van der Waals surface area (Å²) in [6.45, 7) is 3.26. The fourth-order valence-corrected chi connectivity index (χ4v) is 3.50.